The number of benzene rings is 1. The number of ether oxygens (including phenoxy) is 2. The number of hydrazine groups is 1. The van der Waals surface area contributed by atoms with Crippen LogP contribution in [-0.2, 0) is 9.59 Å². The summed E-state index contributed by atoms with van der Waals surface area (Å²) in [6.07, 6.45) is 0. The van der Waals surface area contributed by atoms with Crippen molar-refractivity contribution in [2.75, 3.05) is 13.7 Å². The molecule has 0 saturated heterocycles. The molecule has 19 heavy (non-hydrogen) atoms. The number of hydrogen-bond donors (Lipinski definition) is 2. The van der Waals surface area contributed by atoms with Crippen molar-refractivity contribution in [3.05, 3.63) is 24.3 Å². The fourth-order valence-electron chi connectivity index (χ4n) is 1.13. The van der Waals surface area contributed by atoms with Crippen molar-refractivity contribution in [3.8, 4) is 11.5 Å². The zero-order chi connectivity index (χ0) is 14.3. The van der Waals surface area contributed by atoms with Gasteiger partial charge in [-0.25, -0.2) is 0 Å². The standard InChI is InChI=1S/C13H18N2O4/c1-9(2)13(17)15-14-12(16)8-19-11-6-4-10(18-3)5-7-11/h4-7,9H,8H2,1-3H3,(H,14,16)(H,15,17). The zero-order valence-electron chi connectivity index (χ0n) is 11.2. The van der Waals surface area contributed by atoms with Gasteiger partial charge in [0.15, 0.2) is 6.61 Å². The van der Waals surface area contributed by atoms with Gasteiger partial charge in [0.05, 0.1) is 7.11 Å². The van der Waals surface area contributed by atoms with E-state index in [1.165, 1.54) is 0 Å². The molecule has 1 aromatic rings. The summed E-state index contributed by atoms with van der Waals surface area (Å²) in [5.41, 5.74) is 4.57. The lowest BCUT2D eigenvalue weighted by molar-refractivity contribution is -0.131. The highest BCUT2D eigenvalue weighted by Gasteiger charge is 2.08. The smallest absolute Gasteiger partial charge is 0.276 e. The second-order valence-corrected chi connectivity index (χ2v) is 4.16. The molecule has 0 aliphatic heterocycles. The largest absolute Gasteiger partial charge is 0.497 e. The quantitative estimate of drug-likeness (QED) is 0.776. The Morgan fingerprint density at radius 2 is 1.68 bits per heavy atom. The van der Waals surface area contributed by atoms with Gasteiger partial charge in [-0.3, -0.25) is 20.4 Å². The summed E-state index contributed by atoms with van der Waals surface area (Å²) in [4.78, 5) is 22.6. The minimum absolute atomic E-state index is 0.176. The van der Waals surface area contributed by atoms with Crippen LogP contribution in [-0.4, -0.2) is 25.5 Å². The summed E-state index contributed by atoms with van der Waals surface area (Å²) in [7, 11) is 1.57. The van der Waals surface area contributed by atoms with Crippen molar-refractivity contribution in [1.29, 1.82) is 0 Å². The molecule has 2 amide bonds. The Morgan fingerprint density at radius 3 is 2.21 bits per heavy atom. The average molecular weight is 266 g/mol. The Kier molecular flexibility index (Phi) is 5.66. The third kappa shape index (κ3) is 5.29. The predicted octanol–water partition coefficient (Wildman–Crippen LogP) is 0.877. The van der Waals surface area contributed by atoms with Crippen molar-refractivity contribution in [2.24, 2.45) is 5.92 Å². The predicted molar refractivity (Wildman–Crippen MR) is 69.6 cm³/mol. The van der Waals surface area contributed by atoms with Gasteiger partial charge in [-0.2, -0.15) is 0 Å². The third-order valence-electron chi connectivity index (χ3n) is 2.28. The first-order chi connectivity index (χ1) is 9.02. The molecule has 104 valence electrons. The van der Waals surface area contributed by atoms with Gasteiger partial charge in [-0.1, -0.05) is 13.8 Å². The van der Waals surface area contributed by atoms with E-state index < -0.39 is 5.91 Å². The molecule has 0 radical (unpaired) electrons. The van der Waals surface area contributed by atoms with E-state index >= 15 is 0 Å². The number of methoxy groups -OCH3 is 1. The molecule has 0 fully saturated rings. The van der Waals surface area contributed by atoms with Gasteiger partial charge >= 0.3 is 0 Å². The minimum Gasteiger partial charge on any atom is -0.497 e. The van der Waals surface area contributed by atoms with Crippen LogP contribution in [0.5, 0.6) is 11.5 Å². The second-order valence-electron chi connectivity index (χ2n) is 4.16. The molecule has 1 rings (SSSR count). The summed E-state index contributed by atoms with van der Waals surface area (Å²) in [5.74, 6) is 0.387. The zero-order valence-corrected chi connectivity index (χ0v) is 11.2. The highest BCUT2D eigenvalue weighted by molar-refractivity contribution is 5.83. The van der Waals surface area contributed by atoms with Crippen molar-refractivity contribution < 1.29 is 19.1 Å². The molecule has 6 nitrogen and oxygen atoms in total. The van der Waals surface area contributed by atoms with Crippen LogP contribution in [0.25, 0.3) is 0 Å². The van der Waals surface area contributed by atoms with Crippen molar-refractivity contribution >= 4 is 11.8 Å². The number of rotatable bonds is 5. The maximum absolute atomic E-state index is 11.4. The molecule has 0 aliphatic carbocycles. The topological polar surface area (TPSA) is 76.7 Å². The van der Waals surface area contributed by atoms with Gasteiger partial charge in [0.25, 0.3) is 5.91 Å². The fourth-order valence-corrected chi connectivity index (χ4v) is 1.13. The first-order valence-corrected chi connectivity index (χ1v) is 5.88. The maximum atomic E-state index is 11.4. The molecular weight excluding hydrogens is 248 g/mol. The van der Waals surface area contributed by atoms with Crippen LogP contribution < -0.4 is 20.3 Å². The van der Waals surface area contributed by atoms with E-state index in [1.54, 1.807) is 45.2 Å². The molecule has 0 spiro atoms. The number of carbonyl (C=O) groups excluding carboxylic acids is 2. The highest BCUT2D eigenvalue weighted by Crippen LogP contribution is 2.16. The van der Waals surface area contributed by atoms with Gasteiger partial charge in [0.2, 0.25) is 5.91 Å². The molecule has 0 atom stereocenters. The van der Waals surface area contributed by atoms with E-state index in [0.717, 1.165) is 0 Å². The first kappa shape index (κ1) is 14.8. The first-order valence-electron chi connectivity index (χ1n) is 5.88. The Morgan fingerprint density at radius 1 is 1.11 bits per heavy atom. The van der Waals surface area contributed by atoms with Crippen molar-refractivity contribution in [3.63, 3.8) is 0 Å². The number of hydrogen-bond acceptors (Lipinski definition) is 4. The lowest BCUT2D eigenvalue weighted by Crippen LogP contribution is -2.45. The maximum Gasteiger partial charge on any atom is 0.276 e. The van der Waals surface area contributed by atoms with Crippen LogP contribution in [0.4, 0.5) is 0 Å². The van der Waals surface area contributed by atoms with Crippen LogP contribution >= 0.6 is 0 Å². The van der Waals surface area contributed by atoms with E-state index in [4.69, 9.17) is 9.47 Å². The average Bonchev–Trinajstić information content (AvgIpc) is 2.42. The molecule has 1 aromatic carbocycles. The van der Waals surface area contributed by atoms with Gasteiger partial charge in [0, 0.05) is 5.92 Å². The summed E-state index contributed by atoms with van der Waals surface area (Å²) < 4.78 is 10.2. The monoisotopic (exact) mass is 266 g/mol. The summed E-state index contributed by atoms with van der Waals surface area (Å²) in [6.45, 7) is 3.29. The normalized spacial score (nSPS) is 9.89. The van der Waals surface area contributed by atoms with E-state index in [-0.39, 0.29) is 18.4 Å². The summed E-state index contributed by atoms with van der Waals surface area (Å²) >= 11 is 0. The number of amides is 2. The van der Waals surface area contributed by atoms with Crippen LogP contribution in [0.3, 0.4) is 0 Å². The number of carbonyl (C=O) groups is 2. The van der Waals surface area contributed by atoms with Crippen LogP contribution in [0.2, 0.25) is 0 Å². The molecule has 0 heterocycles. The van der Waals surface area contributed by atoms with Gasteiger partial charge in [-0.05, 0) is 24.3 Å². The molecule has 0 saturated carbocycles. The molecule has 0 aliphatic rings. The lowest BCUT2D eigenvalue weighted by atomic mass is 10.2. The second kappa shape index (κ2) is 7.25. The van der Waals surface area contributed by atoms with Crippen LogP contribution in [0, 0.1) is 5.92 Å². The summed E-state index contributed by atoms with van der Waals surface area (Å²) in [5, 5.41) is 0. The Bertz CT molecular complexity index is 429. The molecule has 0 aromatic heterocycles. The third-order valence-corrected chi connectivity index (χ3v) is 2.28. The Hall–Kier alpha value is -2.24. The lowest BCUT2D eigenvalue weighted by Gasteiger charge is -2.10. The number of nitrogens with one attached hydrogen (secondary N) is 2. The van der Waals surface area contributed by atoms with Gasteiger partial charge < -0.3 is 9.47 Å². The van der Waals surface area contributed by atoms with E-state index in [1.807, 2.05) is 0 Å². The molecular formula is C13H18N2O4. The van der Waals surface area contributed by atoms with E-state index in [0.29, 0.717) is 11.5 Å². The fraction of sp³-hybridized carbons (Fsp3) is 0.385. The molecule has 0 unspecified atom stereocenters. The Labute approximate surface area is 112 Å². The minimum atomic E-state index is -0.426. The van der Waals surface area contributed by atoms with Gasteiger partial charge in [-0.15, -0.1) is 0 Å². The molecule has 0 bridgehead atoms. The van der Waals surface area contributed by atoms with Crippen molar-refractivity contribution in [2.45, 2.75) is 13.8 Å². The summed E-state index contributed by atoms with van der Waals surface area (Å²) in [6, 6.07) is 6.85. The highest BCUT2D eigenvalue weighted by atomic mass is 16.5. The molecule has 2 N–H and O–H groups in total. The van der Waals surface area contributed by atoms with E-state index in [9.17, 15) is 9.59 Å². The van der Waals surface area contributed by atoms with Gasteiger partial charge in [0.1, 0.15) is 11.5 Å². The SMILES string of the molecule is COc1ccc(OCC(=O)NNC(=O)C(C)C)cc1. The van der Waals surface area contributed by atoms with Crippen LogP contribution in [0.1, 0.15) is 13.8 Å². The van der Waals surface area contributed by atoms with Crippen LogP contribution in [0.15, 0.2) is 24.3 Å². The van der Waals surface area contributed by atoms with Crippen molar-refractivity contribution in [1.82, 2.24) is 10.9 Å². The molecule has 6 heteroatoms. The van der Waals surface area contributed by atoms with E-state index in [2.05, 4.69) is 10.9 Å². The Balaban J connectivity index is 2.31.